The Bertz CT molecular complexity index is 1010. The molecule has 7 heteroatoms. The molecular formula is C22H20ClN3O3. The molecule has 3 rings (SSSR count). The van der Waals surface area contributed by atoms with Crippen LogP contribution in [0.3, 0.4) is 0 Å². The van der Waals surface area contributed by atoms with E-state index in [0.717, 1.165) is 5.56 Å². The normalized spacial score (nSPS) is 10.3. The van der Waals surface area contributed by atoms with Crippen LogP contribution in [0.1, 0.15) is 22.5 Å². The Balaban J connectivity index is 1.59. The van der Waals surface area contributed by atoms with Gasteiger partial charge in [0, 0.05) is 36.4 Å². The van der Waals surface area contributed by atoms with Crippen LogP contribution in [-0.4, -0.2) is 23.8 Å². The van der Waals surface area contributed by atoms with Crippen LogP contribution < -0.4 is 15.4 Å². The van der Waals surface area contributed by atoms with E-state index in [-0.39, 0.29) is 17.5 Å². The van der Waals surface area contributed by atoms with Crippen LogP contribution in [0.15, 0.2) is 66.9 Å². The SMILES string of the molecule is CNC(=O)c1cc(Oc2cccc(CCC(=O)Nc3ccc(Cl)cc3)c2)ccn1. The predicted octanol–water partition coefficient (Wildman–Crippen LogP) is 4.46. The highest BCUT2D eigenvalue weighted by atomic mass is 35.5. The molecule has 0 saturated carbocycles. The van der Waals surface area contributed by atoms with Crippen molar-refractivity contribution in [1.29, 1.82) is 0 Å². The van der Waals surface area contributed by atoms with Crippen molar-refractivity contribution in [2.75, 3.05) is 12.4 Å². The van der Waals surface area contributed by atoms with Crippen LogP contribution in [0.25, 0.3) is 0 Å². The Morgan fingerprint density at radius 2 is 1.79 bits per heavy atom. The molecule has 2 amide bonds. The lowest BCUT2D eigenvalue weighted by Crippen LogP contribution is -2.18. The first-order valence-corrected chi connectivity index (χ1v) is 9.41. The van der Waals surface area contributed by atoms with Gasteiger partial charge in [-0.3, -0.25) is 14.6 Å². The highest BCUT2D eigenvalue weighted by Crippen LogP contribution is 2.23. The fourth-order valence-corrected chi connectivity index (χ4v) is 2.77. The van der Waals surface area contributed by atoms with Gasteiger partial charge in [-0.05, 0) is 54.4 Å². The molecule has 2 aromatic carbocycles. The maximum absolute atomic E-state index is 12.2. The molecule has 29 heavy (non-hydrogen) atoms. The van der Waals surface area contributed by atoms with Crippen molar-refractivity contribution in [2.45, 2.75) is 12.8 Å². The summed E-state index contributed by atoms with van der Waals surface area (Å²) in [4.78, 5) is 27.9. The van der Waals surface area contributed by atoms with Gasteiger partial charge in [0.25, 0.3) is 5.91 Å². The second-order valence-electron chi connectivity index (χ2n) is 6.26. The highest BCUT2D eigenvalue weighted by Gasteiger charge is 2.08. The summed E-state index contributed by atoms with van der Waals surface area (Å²) in [5.41, 5.74) is 1.95. The zero-order valence-corrected chi connectivity index (χ0v) is 16.6. The Kier molecular flexibility index (Phi) is 6.81. The van der Waals surface area contributed by atoms with Gasteiger partial charge >= 0.3 is 0 Å². The van der Waals surface area contributed by atoms with Gasteiger partial charge in [0.15, 0.2) is 0 Å². The van der Waals surface area contributed by atoms with Crippen LogP contribution in [-0.2, 0) is 11.2 Å². The number of carbonyl (C=O) groups is 2. The molecule has 6 nitrogen and oxygen atoms in total. The molecule has 0 aliphatic heterocycles. The van der Waals surface area contributed by atoms with Crippen LogP contribution in [0, 0.1) is 0 Å². The van der Waals surface area contributed by atoms with Crippen molar-refractivity contribution in [2.24, 2.45) is 0 Å². The van der Waals surface area contributed by atoms with Crippen LogP contribution in [0.4, 0.5) is 5.69 Å². The number of ether oxygens (including phenoxy) is 1. The topological polar surface area (TPSA) is 80.3 Å². The van der Waals surface area contributed by atoms with Crippen molar-refractivity contribution in [3.8, 4) is 11.5 Å². The molecule has 2 N–H and O–H groups in total. The molecule has 0 fully saturated rings. The third kappa shape index (κ3) is 6.05. The van der Waals surface area contributed by atoms with Crippen LogP contribution >= 0.6 is 11.6 Å². The molecule has 0 spiro atoms. The summed E-state index contributed by atoms with van der Waals surface area (Å²) in [6.45, 7) is 0. The molecule has 0 aliphatic carbocycles. The maximum atomic E-state index is 12.2. The molecule has 0 unspecified atom stereocenters. The molecule has 0 bridgehead atoms. The minimum absolute atomic E-state index is 0.0806. The van der Waals surface area contributed by atoms with Gasteiger partial charge in [0.05, 0.1) is 0 Å². The predicted molar refractivity (Wildman–Crippen MR) is 113 cm³/mol. The highest BCUT2D eigenvalue weighted by molar-refractivity contribution is 6.30. The molecule has 0 atom stereocenters. The summed E-state index contributed by atoms with van der Waals surface area (Å²) >= 11 is 5.85. The number of nitrogens with one attached hydrogen (secondary N) is 2. The Morgan fingerprint density at radius 3 is 2.55 bits per heavy atom. The number of benzene rings is 2. The van der Waals surface area contributed by atoms with Gasteiger partial charge in [-0.2, -0.15) is 0 Å². The van der Waals surface area contributed by atoms with E-state index < -0.39 is 0 Å². The van der Waals surface area contributed by atoms with E-state index in [0.29, 0.717) is 35.1 Å². The molecular weight excluding hydrogens is 390 g/mol. The van der Waals surface area contributed by atoms with E-state index in [1.165, 1.54) is 6.20 Å². The van der Waals surface area contributed by atoms with E-state index >= 15 is 0 Å². The molecule has 3 aromatic rings. The molecule has 0 radical (unpaired) electrons. The van der Waals surface area contributed by atoms with Crippen molar-refractivity contribution in [3.63, 3.8) is 0 Å². The third-order valence-corrected chi connectivity index (χ3v) is 4.35. The summed E-state index contributed by atoms with van der Waals surface area (Å²) < 4.78 is 5.83. The summed E-state index contributed by atoms with van der Waals surface area (Å²) in [6, 6.07) is 17.7. The van der Waals surface area contributed by atoms with E-state index in [9.17, 15) is 9.59 Å². The van der Waals surface area contributed by atoms with Gasteiger partial charge in [-0.25, -0.2) is 0 Å². The number of hydrogen-bond donors (Lipinski definition) is 2. The summed E-state index contributed by atoms with van der Waals surface area (Å²) in [5, 5.41) is 5.99. The van der Waals surface area contributed by atoms with E-state index in [1.54, 1.807) is 43.4 Å². The zero-order valence-electron chi connectivity index (χ0n) is 15.8. The molecule has 1 heterocycles. The number of pyridine rings is 1. The number of carbonyl (C=O) groups excluding carboxylic acids is 2. The standard InChI is InChI=1S/C22H20ClN3O3/c1-24-22(28)20-14-19(11-12-25-20)29-18-4-2-3-15(13-18)5-10-21(27)26-17-8-6-16(23)7-9-17/h2-4,6-9,11-14H,5,10H2,1H3,(H,24,28)(H,26,27). The second kappa shape index (κ2) is 9.71. The van der Waals surface area contributed by atoms with Crippen molar-refractivity contribution in [1.82, 2.24) is 10.3 Å². The second-order valence-corrected chi connectivity index (χ2v) is 6.70. The van der Waals surface area contributed by atoms with Gasteiger partial charge in [-0.1, -0.05) is 23.7 Å². The Morgan fingerprint density at radius 1 is 1.03 bits per heavy atom. The van der Waals surface area contributed by atoms with Crippen LogP contribution in [0.2, 0.25) is 5.02 Å². The number of hydrogen-bond acceptors (Lipinski definition) is 4. The average molecular weight is 410 g/mol. The number of rotatable bonds is 7. The molecule has 0 saturated heterocycles. The molecule has 148 valence electrons. The third-order valence-electron chi connectivity index (χ3n) is 4.09. The number of nitrogens with zero attached hydrogens (tertiary/aromatic N) is 1. The lowest BCUT2D eigenvalue weighted by Gasteiger charge is -2.09. The summed E-state index contributed by atoms with van der Waals surface area (Å²) in [7, 11) is 1.55. The lowest BCUT2D eigenvalue weighted by atomic mass is 10.1. The number of aromatic nitrogens is 1. The van der Waals surface area contributed by atoms with Gasteiger partial charge < -0.3 is 15.4 Å². The first kappa shape index (κ1) is 20.4. The molecule has 0 aliphatic rings. The lowest BCUT2D eigenvalue weighted by molar-refractivity contribution is -0.116. The fraction of sp³-hybridized carbons (Fsp3) is 0.136. The fourth-order valence-electron chi connectivity index (χ4n) is 2.64. The smallest absolute Gasteiger partial charge is 0.269 e. The minimum Gasteiger partial charge on any atom is -0.457 e. The number of anilines is 1. The Hall–Kier alpha value is -3.38. The van der Waals surface area contributed by atoms with Gasteiger partial charge in [0.1, 0.15) is 17.2 Å². The van der Waals surface area contributed by atoms with Crippen molar-refractivity contribution < 1.29 is 14.3 Å². The minimum atomic E-state index is -0.282. The Labute approximate surface area is 173 Å². The van der Waals surface area contributed by atoms with Crippen LogP contribution in [0.5, 0.6) is 11.5 Å². The number of halogens is 1. The molecule has 1 aromatic heterocycles. The number of amides is 2. The van der Waals surface area contributed by atoms with Crippen molar-refractivity contribution in [3.05, 3.63) is 83.1 Å². The average Bonchev–Trinajstić information content (AvgIpc) is 2.74. The monoisotopic (exact) mass is 409 g/mol. The summed E-state index contributed by atoms with van der Waals surface area (Å²) in [5.74, 6) is 0.768. The quantitative estimate of drug-likeness (QED) is 0.603. The largest absolute Gasteiger partial charge is 0.457 e. The van der Waals surface area contributed by atoms with E-state index in [1.807, 2.05) is 24.3 Å². The van der Waals surface area contributed by atoms with Gasteiger partial charge in [-0.15, -0.1) is 0 Å². The first-order chi connectivity index (χ1) is 14.0. The first-order valence-electron chi connectivity index (χ1n) is 9.04. The van der Waals surface area contributed by atoms with Crippen molar-refractivity contribution >= 4 is 29.1 Å². The maximum Gasteiger partial charge on any atom is 0.269 e. The summed E-state index contributed by atoms with van der Waals surface area (Å²) in [6.07, 6.45) is 2.42. The number of aryl methyl sites for hydroxylation is 1. The van der Waals surface area contributed by atoms with E-state index in [2.05, 4.69) is 15.6 Å². The van der Waals surface area contributed by atoms with E-state index in [4.69, 9.17) is 16.3 Å². The van der Waals surface area contributed by atoms with Gasteiger partial charge in [0.2, 0.25) is 5.91 Å². The zero-order chi connectivity index (χ0) is 20.6.